The Kier molecular flexibility index (Phi) is 4.45. The number of carbonyl (C=O) groups excluding carboxylic acids is 1. The van der Waals surface area contributed by atoms with Crippen molar-refractivity contribution in [2.45, 2.75) is 32.9 Å². The lowest BCUT2D eigenvalue weighted by molar-refractivity contribution is -0.115. The van der Waals surface area contributed by atoms with E-state index in [1.54, 1.807) is 12.3 Å². The van der Waals surface area contributed by atoms with Crippen molar-refractivity contribution in [3.8, 4) is 0 Å². The van der Waals surface area contributed by atoms with Crippen LogP contribution in [0.1, 0.15) is 25.1 Å². The molecule has 0 aliphatic heterocycles. The summed E-state index contributed by atoms with van der Waals surface area (Å²) in [5.74, 6) is -0.554. The zero-order valence-electron chi connectivity index (χ0n) is 11.0. The second kappa shape index (κ2) is 5.48. The number of rotatable bonds is 4. The third-order valence-corrected chi connectivity index (χ3v) is 5.12. The number of amides is 1. The fraction of sp³-hybridized carbons (Fsp3) is 0.500. The van der Waals surface area contributed by atoms with E-state index in [-0.39, 0.29) is 5.75 Å². The van der Waals surface area contributed by atoms with Gasteiger partial charge in [0.2, 0.25) is 5.91 Å². The number of pyridine rings is 1. The number of sulfone groups is 1. The number of carbonyl (C=O) groups is 1. The Morgan fingerprint density at radius 3 is 2.61 bits per heavy atom. The molecule has 1 unspecified atom stereocenters. The summed E-state index contributed by atoms with van der Waals surface area (Å²) >= 11 is 0. The maximum absolute atomic E-state index is 11.9. The molecule has 1 rings (SSSR count). The van der Waals surface area contributed by atoms with Crippen molar-refractivity contribution < 1.29 is 13.2 Å². The van der Waals surface area contributed by atoms with Gasteiger partial charge < -0.3 is 5.32 Å². The van der Waals surface area contributed by atoms with E-state index in [4.69, 9.17) is 0 Å². The Hall–Kier alpha value is -1.43. The standard InChI is InChI=1S/C12H18N2O3S/c1-5-18(16,17)10(4)12(15)14-11-6-7-13-9(3)8(11)2/h6-7,10H,5H2,1-4H3,(H,13,14,15). The van der Waals surface area contributed by atoms with E-state index in [1.165, 1.54) is 13.8 Å². The van der Waals surface area contributed by atoms with Gasteiger partial charge in [0.1, 0.15) is 5.25 Å². The van der Waals surface area contributed by atoms with Gasteiger partial charge in [0.05, 0.1) is 0 Å². The fourth-order valence-electron chi connectivity index (χ4n) is 1.42. The number of anilines is 1. The topological polar surface area (TPSA) is 76.1 Å². The first kappa shape index (κ1) is 14.6. The van der Waals surface area contributed by atoms with Gasteiger partial charge in [-0.15, -0.1) is 0 Å². The second-order valence-electron chi connectivity index (χ2n) is 4.15. The van der Waals surface area contributed by atoms with Crippen molar-refractivity contribution in [2.75, 3.05) is 11.1 Å². The van der Waals surface area contributed by atoms with Gasteiger partial charge in [-0.3, -0.25) is 9.78 Å². The van der Waals surface area contributed by atoms with Crippen LogP contribution < -0.4 is 5.32 Å². The Balaban J connectivity index is 2.92. The summed E-state index contributed by atoms with van der Waals surface area (Å²) < 4.78 is 23.2. The van der Waals surface area contributed by atoms with Gasteiger partial charge in [0.25, 0.3) is 0 Å². The molecule has 18 heavy (non-hydrogen) atoms. The molecule has 1 N–H and O–H groups in total. The number of aryl methyl sites for hydroxylation is 1. The maximum atomic E-state index is 11.9. The lowest BCUT2D eigenvalue weighted by atomic mass is 10.2. The highest BCUT2D eigenvalue weighted by atomic mass is 32.2. The summed E-state index contributed by atoms with van der Waals surface area (Å²) in [5, 5.41) is 1.59. The minimum absolute atomic E-state index is 0.0457. The Labute approximate surface area is 108 Å². The van der Waals surface area contributed by atoms with Gasteiger partial charge >= 0.3 is 0 Å². The molecule has 0 aromatic carbocycles. The zero-order chi connectivity index (χ0) is 13.9. The first-order chi connectivity index (χ1) is 8.29. The van der Waals surface area contributed by atoms with Crippen molar-refractivity contribution in [3.63, 3.8) is 0 Å². The van der Waals surface area contributed by atoms with Gasteiger partial charge in [-0.05, 0) is 32.4 Å². The highest BCUT2D eigenvalue weighted by Gasteiger charge is 2.26. The van der Waals surface area contributed by atoms with E-state index in [1.807, 2.05) is 13.8 Å². The molecule has 1 amide bonds. The highest BCUT2D eigenvalue weighted by molar-refractivity contribution is 7.92. The van der Waals surface area contributed by atoms with Crippen molar-refractivity contribution in [1.82, 2.24) is 4.98 Å². The lowest BCUT2D eigenvalue weighted by Crippen LogP contribution is -2.33. The third-order valence-electron chi connectivity index (χ3n) is 3.02. The summed E-state index contributed by atoms with van der Waals surface area (Å²) in [6, 6.07) is 1.66. The van der Waals surface area contributed by atoms with Crippen LogP contribution in [0.15, 0.2) is 12.3 Å². The predicted molar refractivity (Wildman–Crippen MR) is 71.3 cm³/mol. The minimum Gasteiger partial charge on any atom is -0.325 e. The molecule has 1 aromatic heterocycles. The molecule has 1 atom stereocenters. The van der Waals surface area contributed by atoms with Crippen LogP contribution >= 0.6 is 0 Å². The van der Waals surface area contributed by atoms with Crippen molar-refractivity contribution in [2.24, 2.45) is 0 Å². The maximum Gasteiger partial charge on any atom is 0.242 e. The van der Waals surface area contributed by atoms with Crippen molar-refractivity contribution in [3.05, 3.63) is 23.5 Å². The van der Waals surface area contributed by atoms with Gasteiger partial charge in [0, 0.05) is 23.3 Å². The summed E-state index contributed by atoms with van der Waals surface area (Å²) in [7, 11) is -3.37. The zero-order valence-corrected chi connectivity index (χ0v) is 11.8. The van der Waals surface area contributed by atoms with E-state index >= 15 is 0 Å². The molecule has 100 valence electrons. The summed E-state index contributed by atoms with van der Waals surface area (Å²) in [6.07, 6.45) is 1.58. The number of nitrogens with one attached hydrogen (secondary N) is 1. The van der Waals surface area contributed by atoms with Gasteiger partial charge in [-0.1, -0.05) is 6.92 Å². The van der Waals surface area contributed by atoms with E-state index in [0.29, 0.717) is 5.69 Å². The third kappa shape index (κ3) is 3.07. The molecule has 0 saturated heterocycles. The summed E-state index contributed by atoms with van der Waals surface area (Å²) in [5.41, 5.74) is 2.25. The van der Waals surface area contributed by atoms with E-state index in [0.717, 1.165) is 11.3 Å². The molecule has 0 aliphatic rings. The molecule has 0 bridgehead atoms. The number of hydrogen-bond donors (Lipinski definition) is 1. The Morgan fingerprint density at radius 1 is 1.44 bits per heavy atom. The van der Waals surface area contributed by atoms with Crippen LogP contribution in [0.3, 0.4) is 0 Å². The number of hydrogen-bond acceptors (Lipinski definition) is 4. The smallest absolute Gasteiger partial charge is 0.242 e. The van der Waals surface area contributed by atoms with Crippen LogP contribution in [0, 0.1) is 13.8 Å². The van der Waals surface area contributed by atoms with Crippen LogP contribution in [-0.2, 0) is 14.6 Å². The Bertz CT molecular complexity index is 552. The SMILES string of the molecule is CCS(=O)(=O)C(C)C(=O)Nc1ccnc(C)c1C. The molecular weight excluding hydrogens is 252 g/mol. The molecular formula is C12H18N2O3S. The van der Waals surface area contributed by atoms with Crippen LogP contribution in [0.4, 0.5) is 5.69 Å². The van der Waals surface area contributed by atoms with Gasteiger partial charge in [-0.2, -0.15) is 0 Å². The first-order valence-corrected chi connectivity index (χ1v) is 7.45. The predicted octanol–water partition coefficient (Wildman–Crippen LogP) is 1.46. The number of nitrogens with zero attached hydrogens (tertiary/aromatic N) is 1. The Morgan fingerprint density at radius 2 is 2.06 bits per heavy atom. The molecule has 0 radical (unpaired) electrons. The molecule has 1 heterocycles. The summed E-state index contributed by atoms with van der Waals surface area (Å²) in [6.45, 7) is 6.59. The average molecular weight is 270 g/mol. The largest absolute Gasteiger partial charge is 0.325 e. The normalized spacial score (nSPS) is 13.1. The van der Waals surface area contributed by atoms with Crippen LogP contribution in [0.25, 0.3) is 0 Å². The molecule has 0 saturated carbocycles. The van der Waals surface area contributed by atoms with E-state index in [9.17, 15) is 13.2 Å². The monoisotopic (exact) mass is 270 g/mol. The van der Waals surface area contributed by atoms with E-state index in [2.05, 4.69) is 10.3 Å². The minimum atomic E-state index is -3.37. The van der Waals surface area contributed by atoms with Crippen LogP contribution in [0.2, 0.25) is 0 Å². The summed E-state index contributed by atoms with van der Waals surface area (Å²) in [4.78, 5) is 16.0. The molecule has 5 nitrogen and oxygen atoms in total. The second-order valence-corrected chi connectivity index (χ2v) is 6.76. The fourth-order valence-corrected chi connectivity index (χ4v) is 2.31. The van der Waals surface area contributed by atoms with Crippen LogP contribution in [-0.4, -0.2) is 30.3 Å². The number of aromatic nitrogens is 1. The van der Waals surface area contributed by atoms with Crippen LogP contribution in [0.5, 0.6) is 0 Å². The quantitative estimate of drug-likeness (QED) is 0.898. The molecule has 0 fully saturated rings. The molecule has 0 spiro atoms. The molecule has 1 aromatic rings. The van der Waals surface area contributed by atoms with E-state index < -0.39 is 21.0 Å². The highest BCUT2D eigenvalue weighted by Crippen LogP contribution is 2.17. The van der Waals surface area contributed by atoms with Gasteiger partial charge in [-0.25, -0.2) is 8.42 Å². The lowest BCUT2D eigenvalue weighted by Gasteiger charge is -2.14. The average Bonchev–Trinajstić information content (AvgIpc) is 2.33. The first-order valence-electron chi connectivity index (χ1n) is 5.74. The molecule has 6 heteroatoms. The molecule has 0 aliphatic carbocycles. The van der Waals surface area contributed by atoms with Crippen molar-refractivity contribution in [1.29, 1.82) is 0 Å². The van der Waals surface area contributed by atoms with Crippen molar-refractivity contribution >= 4 is 21.4 Å². The van der Waals surface area contributed by atoms with Gasteiger partial charge in [0.15, 0.2) is 9.84 Å².